The van der Waals surface area contributed by atoms with Crippen LogP contribution in [0.1, 0.15) is 25.3 Å². The van der Waals surface area contributed by atoms with Crippen LogP contribution in [0, 0.1) is 0 Å². The molecule has 1 aliphatic heterocycles. The van der Waals surface area contributed by atoms with E-state index < -0.39 is 0 Å². The molecule has 0 saturated carbocycles. The Bertz CT molecular complexity index is 397. The monoisotopic (exact) mass is 310 g/mol. The van der Waals surface area contributed by atoms with Crippen molar-refractivity contribution in [3.8, 4) is 0 Å². The minimum Gasteiger partial charge on any atom is -0.354 e. The molecule has 2 rings (SSSR count). The van der Waals surface area contributed by atoms with Crippen LogP contribution in [-0.2, 0) is 11.3 Å². The largest absolute Gasteiger partial charge is 0.354 e. The number of nitrogens with one attached hydrogen (secondary N) is 1. The zero-order chi connectivity index (χ0) is 13.0. The molecule has 1 fully saturated rings. The van der Waals surface area contributed by atoms with Crippen molar-refractivity contribution in [2.24, 2.45) is 0 Å². The van der Waals surface area contributed by atoms with Gasteiger partial charge in [0.15, 0.2) is 0 Å². The Morgan fingerprint density at radius 3 is 2.50 bits per heavy atom. The van der Waals surface area contributed by atoms with Crippen LogP contribution in [0.15, 0.2) is 28.7 Å². The first-order valence-electron chi connectivity index (χ1n) is 6.37. The molecule has 3 nitrogen and oxygen atoms in total. The third-order valence-corrected chi connectivity index (χ3v) is 3.84. The predicted molar refractivity (Wildman–Crippen MR) is 76.3 cm³/mol. The molecule has 0 atom stereocenters. The first kappa shape index (κ1) is 13.6. The molecule has 1 N–H and O–H groups in total. The number of amides is 1. The molecule has 0 radical (unpaired) electrons. The summed E-state index contributed by atoms with van der Waals surface area (Å²) in [5, 5.41) is 3.00. The first-order chi connectivity index (χ1) is 8.63. The smallest absolute Gasteiger partial charge is 0.217 e. The lowest BCUT2D eigenvalue weighted by Crippen LogP contribution is -2.43. The number of nitrogens with zero attached hydrogens (tertiary/aromatic N) is 1. The van der Waals surface area contributed by atoms with Crippen molar-refractivity contribution in [3.63, 3.8) is 0 Å². The molecule has 1 aliphatic rings. The highest BCUT2D eigenvalue weighted by molar-refractivity contribution is 9.10. The van der Waals surface area contributed by atoms with Crippen molar-refractivity contribution in [2.75, 3.05) is 13.1 Å². The Kier molecular flexibility index (Phi) is 4.78. The highest BCUT2D eigenvalue weighted by atomic mass is 79.9. The van der Waals surface area contributed by atoms with Crippen molar-refractivity contribution in [2.45, 2.75) is 32.4 Å². The third kappa shape index (κ3) is 4.10. The van der Waals surface area contributed by atoms with Crippen LogP contribution in [0.3, 0.4) is 0 Å². The summed E-state index contributed by atoms with van der Waals surface area (Å²) in [5.74, 6) is 0.0846. The summed E-state index contributed by atoms with van der Waals surface area (Å²) in [4.78, 5) is 13.4. The summed E-state index contributed by atoms with van der Waals surface area (Å²) in [7, 11) is 0. The van der Waals surface area contributed by atoms with Crippen LogP contribution >= 0.6 is 15.9 Å². The van der Waals surface area contributed by atoms with E-state index >= 15 is 0 Å². The van der Waals surface area contributed by atoms with Crippen molar-refractivity contribution in [1.29, 1.82) is 0 Å². The molecule has 0 spiro atoms. The summed E-state index contributed by atoms with van der Waals surface area (Å²) >= 11 is 3.45. The quantitative estimate of drug-likeness (QED) is 0.930. The SMILES string of the molecule is CC(=O)NC1CCN(Cc2ccc(Br)cc2)CC1. The lowest BCUT2D eigenvalue weighted by atomic mass is 10.0. The molecule has 0 unspecified atom stereocenters. The van der Waals surface area contributed by atoms with Gasteiger partial charge in [-0.05, 0) is 30.5 Å². The molecule has 1 amide bonds. The molecule has 0 bridgehead atoms. The zero-order valence-electron chi connectivity index (χ0n) is 10.7. The number of carbonyl (C=O) groups excluding carboxylic acids is 1. The molecule has 1 aromatic rings. The summed E-state index contributed by atoms with van der Waals surface area (Å²) in [6, 6.07) is 8.84. The highest BCUT2D eigenvalue weighted by Gasteiger charge is 2.19. The van der Waals surface area contributed by atoms with E-state index in [2.05, 4.69) is 50.4 Å². The number of piperidine rings is 1. The Morgan fingerprint density at radius 2 is 1.94 bits per heavy atom. The summed E-state index contributed by atoms with van der Waals surface area (Å²) in [6.07, 6.45) is 2.10. The van der Waals surface area contributed by atoms with Gasteiger partial charge in [0.2, 0.25) is 5.91 Å². The van der Waals surface area contributed by atoms with Gasteiger partial charge in [-0.25, -0.2) is 0 Å². The maximum absolute atomic E-state index is 11.0. The summed E-state index contributed by atoms with van der Waals surface area (Å²) in [5.41, 5.74) is 1.34. The van der Waals surface area contributed by atoms with Crippen molar-refractivity contribution >= 4 is 21.8 Å². The fraction of sp³-hybridized carbons (Fsp3) is 0.500. The second kappa shape index (κ2) is 6.34. The van der Waals surface area contributed by atoms with E-state index in [4.69, 9.17) is 0 Å². The lowest BCUT2D eigenvalue weighted by molar-refractivity contribution is -0.119. The van der Waals surface area contributed by atoms with E-state index in [9.17, 15) is 4.79 Å². The normalized spacial score (nSPS) is 17.7. The molecule has 0 aromatic heterocycles. The molecule has 98 valence electrons. The maximum Gasteiger partial charge on any atom is 0.217 e. The predicted octanol–water partition coefficient (Wildman–Crippen LogP) is 2.55. The number of carbonyl (C=O) groups is 1. The van der Waals surface area contributed by atoms with E-state index in [0.717, 1.165) is 36.9 Å². The fourth-order valence-electron chi connectivity index (χ4n) is 2.37. The van der Waals surface area contributed by atoms with Gasteiger partial charge in [-0.3, -0.25) is 9.69 Å². The van der Waals surface area contributed by atoms with Crippen molar-refractivity contribution in [1.82, 2.24) is 10.2 Å². The topological polar surface area (TPSA) is 32.3 Å². The van der Waals surface area contributed by atoms with Crippen molar-refractivity contribution < 1.29 is 4.79 Å². The number of hydrogen-bond donors (Lipinski definition) is 1. The number of likely N-dealkylation sites (tertiary alicyclic amines) is 1. The van der Waals surface area contributed by atoms with Crippen LogP contribution in [-0.4, -0.2) is 29.9 Å². The van der Waals surface area contributed by atoms with Gasteiger partial charge >= 0.3 is 0 Å². The zero-order valence-corrected chi connectivity index (χ0v) is 12.2. The fourth-order valence-corrected chi connectivity index (χ4v) is 2.64. The van der Waals surface area contributed by atoms with Crippen LogP contribution in [0.5, 0.6) is 0 Å². The van der Waals surface area contributed by atoms with Crippen LogP contribution in [0.25, 0.3) is 0 Å². The van der Waals surface area contributed by atoms with Crippen LogP contribution in [0.4, 0.5) is 0 Å². The minimum atomic E-state index is 0.0846. The molecule has 1 saturated heterocycles. The molecule has 1 aromatic carbocycles. The van der Waals surface area contributed by atoms with Gasteiger partial charge in [0.25, 0.3) is 0 Å². The number of benzene rings is 1. The Morgan fingerprint density at radius 1 is 1.33 bits per heavy atom. The van der Waals surface area contributed by atoms with Gasteiger partial charge in [-0.2, -0.15) is 0 Å². The van der Waals surface area contributed by atoms with Gasteiger partial charge in [0.05, 0.1) is 0 Å². The van der Waals surface area contributed by atoms with Crippen molar-refractivity contribution in [3.05, 3.63) is 34.3 Å². The van der Waals surface area contributed by atoms with Gasteiger partial charge in [0, 0.05) is 37.1 Å². The van der Waals surface area contributed by atoms with Crippen LogP contribution in [0.2, 0.25) is 0 Å². The standard InChI is InChI=1S/C14H19BrN2O/c1-11(18)16-14-6-8-17(9-7-14)10-12-2-4-13(15)5-3-12/h2-5,14H,6-10H2,1H3,(H,16,18). The lowest BCUT2D eigenvalue weighted by Gasteiger charge is -2.32. The molecular weight excluding hydrogens is 292 g/mol. The Balaban J connectivity index is 1.79. The molecular formula is C14H19BrN2O. The molecule has 1 heterocycles. The highest BCUT2D eigenvalue weighted by Crippen LogP contribution is 2.16. The average Bonchev–Trinajstić information content (AvgIpc) is 2.34. The number of hydrogen-bond acceptors (Lipinski definition) is 2. The van der Waals surface area contributed by atoms with Crippen LogP contribution < -0.4 is 5.32 Å². The minimum absolute atomic E-state index is 0.0846. The Hall–Kier alpha value is -0.870. The molecule has 0 aliphatic carbocycles. The maximum atomic E-state index is 11.0. The van der Waals surface area contributed by atoms with Gasteiger partial charge in [-0.15, -0.1) is 0 Å². The average molecular weight is 311 g/mol. The first-order valence-corrected chi connectivity index (χ1v) is 7.16. The molecule has 18 heavy (non-hydrogen) atoms. The Labute approximate surface area is 117 Å². The second-order valence-corrected chi connectivity index (χ2v) is 5.79. The second-order valence-electron chi connectivity index (χ2n) is 4.88. The number of halogens is 1. The van der Waals surface area contributed by atoms with E-state index in [1.165, 1.54) is 5.56 Å². The van der Waals surface area contributed by atoms with Gasteiger partial charge in [0.1, 0.15) is 0 Å². The van der Waals surface area contributed by atoms with E-state index in [0.29, 0.717) is 6.04 Å². The van der Waals surface area contributed by atoms with Gasteiger partial charge < -0.3 is 5.32 Å². The third-order valence-electron chi connectivity index (χ3n) is 3.31. The van der Waals surface area contributed by atoms with E-state index in [-0.39, 0.29) is 5.91 Å². The number of rotatable bonds is 3. The van der Waals surface area contributed by atoms with E-state index in [1.54, 1.807) is 6.92 Å². The summed E-state index contributed by atoms with van der Waals surface area (Å²) in [6.45, 7) is 4.70. The molecule has 4 heteroatoms. The van der Waals surface area contributed by atoms with Gasteiger partial charge in [-0.1, -0.05) is 28.1 Å². The van der Waals surface area contributed by atoms with E-state index in [1.807, 2.05) is 0 Å². The summed E-state index contributed by atoms with van der Waals surface area (Å²) < 4.78 is 1.12.